The molecule has 0 aliphatic rings. The van der Waals surface area contributed by atoms with E-state index in [0.717, 1.165) is 15.6 Å². The van der Waals surface area contributed by atoms with Crippen LogP contribution in [0, 0.1) is 12.7 Å². The molecular weight excluding hydrogens is 315 g/mol. The van der Waals surface area contributed by atoms with Crippen molar-refractivity contribution in [2.45, 2.75) is 13.8 Å². The molecule has 0 radical (unpaired) electrons. The molecule has 0 unspecified atom stereocenters. The lowest BCUT2D eigenvalue weighted by molar-refractivity contribution is 0.631. The highest BCUT2D eigenvalue weighted by Gasteiger charge is 2.17. The van der Waals surface area contributed by atoms with Gasteiger partial charge < -0.3 is 0 Å². The Bertz CT molecular complexity index is 745. The summed E-state index contributed by atoms with van der Waals surface area (Å²) in [6.45, 7) is 7.74. The van der Waals surface area contributed by atoms with Crippen molar-refractivity contribution in [1.82, 2.24) is 4.98 Å². The molecule has 0 fully saturated rings. The predicted octanol–water partition coefficient (Wildman–Crippen LogP) is 5.46. The zero-order chi connectivity index (χ0) is 16.1. The first-order valence-corrected chi connectivity index (χ1v) is 8.78. The normalized spacial score (nSPS) is 12.1. The minimum absolute atomic E-state index is 0.280. The van der Waals surface area contributed by atoms with Gasteiger partial charge in [-0.15, -0.1) is 23.1 Å². The van der Waals surface area contributed by atoms with E-state index in [1.54, 1.807) is 12.1 Å². The summed E-state index contributed by atoms with van der Waals surface area (Å²) in [6.07, 6.45) is 5.74. The van der Waals surface area contributed by atoms with Crippen LogP contribution >= 0.6 is 23.1 Å². The number of aryl methyl sites for hydroxylation is 1. The van der Waals surface area contributed by atoms with Gasteiger partial charge in [-0.25, -0.2) is 14.4 Å². The Morgan fingerprint density at radius 1 is 1.41 bits per heavy atom. The van der Waals surface area contributed by atoms with E-state index in [0.29, 0.717) is 16.3 Å². The number of halogens is 1. The number of nitrogens with zero attached hydrogens (tertiary/aromatic N) is 2. The van der Waals surface area contributed by atoms with Crippen molar-refractivity contribution in [3.05, 3.63) is 63.7 Å². The van der Waals surface area contributed by atoms with Crippen LogP contribution in [-0.2, 0) is 0 Å². The van der Waals surface area contributed by atoms with E-state index >= 15 is 0 Å². The molecule has 1 aromatic carbocycles. The molecule has 0 saturated carbocycles. The van der Waals surface area contributed by atoms with Crippen LogP contribution in [0.25, 0.3) is 11.3 Å². The highest BCUT2D eigenvalue weighted by molar-refractivity contribution is 8.02. The van der Waals surface area contributed by atoms with Crippen LogP contribution in [-0.4, -0.2) is 17.0 Å². The van der Waals surface area contributed by atoms with E-state index in [1.807, 2.05) is 38.3 Å². The monoisotopic (exact) mass is 332 g/mol. The molecular formula is C17H17FN2S2. The van der Waals surface area contributed by atoms with E-state index in [2.05, 4.69) is 16.6 Å². The van der Waals surface area contributed by atoms with Gasteiger partial charge in [0.05, 0.1) is 26.3 Å². The molecule has 22 heavy (non-hydrogen) atoms. The van der Waals surface area contributed by atoms with Crippen molar-refractivity contribution in [2.24, 2.45) is 4.99 Å². The SMILES string of the molecule is C=C(/N=C(\C=C/C)c1sc(C)nc1-c1ccccc1F)SC. The lowest BCUT2D eigenvalue weighted by Gasteiger charge is -2.05. The van der Waals surface area contributed by atoms with Gasteiger partial charge in [-0.05, 0) is 38.3 Å². The van der Waals surface area contributed by atoms with Crippen LogP contribution < -0.4 is 0 Å². The minimum Gasteiger partial charge on any atom is -0.241 e. The highest BCUT2D eigenvalue weighted by atomic mass is 32.2. The van der Waals surface area contributed by atoms with E-state index in [1.165, 1.54) is 29.2 Å². The Morgan fingerprint density at radius 2 is 2.14 bits per heavy atom. The lowest BCUT2D eigenvalue weighted by Crippen LogP contribution is -1.98. The third-order valence-corrected chi connectivity index (χ3v) is 4.46. The van der Waals surface area contributed by atoms with Crippen LogP contribution in [0.2, 0.25) is 0 Å². The van der Waals surface area contributed by atoms with Gasteiger partial charge in [0.15, 0.2) is 0 Å². The number of aliphatic imine (C=N–C) groups is 1. The molecule has 1 aromatic heterocycles. The molecule has 0 spiro atoms. The second-order valence-electron chi connectivity index (χ2n) is 4.49. The summed E-state index contributed by atoms with van der Waals surface area (Å²) in [5.74, 6) is -0.280. The maximum Gasteiger partial charge on any atom is 0.132 e. The molecule has 2 nitrogen and oxygen atoms in total. The zero-order valence-electron chi connectivity index (χ0n) is 12.8. The van der Waals surface area contributed by atoms with E-state index in [9.17, 15) is 4.39 Å². The van der Waals surface area contributed by atoms with E-state index in [-0.39, 0.29) is 5.82 Å². The molecule has 0 aliphatic carbocycles. The van der Waals surface area contributed by atoms with Gasteiger partial charge >= 0.3 is 0 Å². The molecule has 0 saturated heterocycles. The predicted molar refractivity (Wildman–Crippen MR) is 96.3 cm³/mol. The maximum atomic E-state index is 14.1. The molecule has 0 aliphatic heterocycles. The molecule has 114 valence electrons. The summed E-state index contributed by atoms with van der Waals surface area (Å²) < 4.78 is 14.1. The van der Waals surface area contributed by atoms with Gasteiger partial charge in [-0.3, -0.25) is 0 Å². The Labute approximate surface area is 138 Å². The highest BCUT2D eigenvalue weighted by Crippen LogP contribution is 2.31. The van der Waals surface area contributed by atoms with Crippen molar-refractivity contribution < 1.29 is 4.39 Å². The van der Waals surface area contributed by atoms with Crippen molar-refractivity contribution in [3.63, 3.8) is 0 Å². The third kappa shape index (κ3) is 3.72. The molecule has 0 amide bonds. The summed E-state index contributed by atoms with van der Waals surface area (Å²) in [4.78, 5) is 9.89. The zero-order valence-corrected chi connectivity index (χ0v) is 14.4. The second kappa shape index (κ2) is 7.51. The number of benzene rings is 1. The van der Waals surface area contributed by atoms with Crippen molar-refractivity contribution in [1.29, 1.82) is 0 Å². The number of hydrogen-bond acceptors (Lipinski definition) is 4. The van der Waals surface area contributed by atoms with Gasteiger partial charge in [0.2, 0.25) is 0 Å². The summed E-state index contributed by atoms with van der Waals surface area (Å²) >= 11 is 2.99. The molecule has 2 rings (SSSR count). The first-order valence-electron chi connectivity index (χ1n) is 6.73. The van der Waals surface area contributed by atoms with Gasteiger partial charge in [-0.1, -0.05) is 24.8 Å². The van der Waals surface area contributed by atoms with Gasteiger partial charge in [0.25, 0.3) is 0 Å². The van der Waals surface area contributed by atoms with Crippen molar-refractivity contribution >= 4 is 28.8 Å². The number of thioether (sulfide) groups is 1. The molecule has 5 heteroatoms. The van der Waals surface area contributed by atoms with Crippen LogP contribution in [0.5, 0.6) is 0 Å². The number of hydrogen-bond donors (Lipinski definition) is 0. The maximum absolute atomic E-state index is 14.1. The van der Waals surface area contributed by atoms with Crippen molar-refractivity contribution in [2.75, 3.05) is 6.26 Å². The third-order valence-electron chi connectivity index (χ3n) is 2.90. The molecule has 0 N–H and O–H groups in total. The van der Waals surface area contributed by atoms with Gasteiger partial charge in [-0.2, -0.15) is 0 Å². The fourth-order valence-electron chi connectivity index (χ4n) is 1.94. The summed E-state index contributed by atoms with van der Waals surface area (Å²) in [7, 11) is 0. The molecule has 2 aromatic rings. The Kier molecular flexibility index (Phi) is 5.69. The van der Waals surface area contributed by atoms with E-state index in [4.69, 9.17) is 0 Å². The second-order valence-corrected chi connectivity index (χ2v) is 6.57. The Balaban J connectivity index is 2.63. The topological polar surface area (TPSA) is 25.2 Å². The minimum atomic E-state index is -0.280. The number of thiazole rings is 1. The summed E-state index contributed by atoms with van der Waals surface area (Å²) in [5.41, 5.74) is 1.88. The smallest absolute Gasteiger partial charge is 0.132 e. The lowest BCUT2D eigenvalue weighted by atomic mass is 10.1. The Morgan fingerprint density at radius 3 is 2.77 bits per heavy atom. The fraction of sp³-hybridized carbons (Fsp3) is 0.176. The van der Waals surface area contributed by atoms with Crippen LogP contribution in [0.3, 0.4) is 0 Å². The van der Waals surface area contributed by atoms with Crippen molar-refractivity contribution in [3.8, 4) is 11.3 Å². The quantitative estimate of drug-likeness (QED) is 0.680. The van der Waals surface area contributed by atoms with Crippen LogP contribution in [0.4, 0.5) is 4.39 Å². The van der Waals surface area contributed by atoms with Gasteiger partial charge in [0, 0.05) is 5.56 Å². The van der Waals surface area contributed by atoms with E-state index < -0.39 is 0 Å². The number of rotatable bonds is 5. The average molecular weight is 332 g/mol. The molecule has 1 heterocycles. The number of aromatic nitrogens is 1. The first kappa shape index (κ1) is 16.6. The average Bonchev–Trinajstić information content (AvgIpc) is 2.88. The standard InChI is InChI=1S/C17H17FN2S2/c1-5-8-15(19-11(2)21-4)17-16(20-12(3)22-17)13-9-6-7-10-14(13)18/h5-10H,2H2,1,3-4H3/b8-5-,19-15+. The number of allylic oxidation sites excluding steroid dienone is 2. The summed E-state index contributed by atoms with van der Waals surface area (Å²) in [5, 5.41) is 1.58. The summed E-state index contributed by atoms with van der Waals surface area (Å²) in [6, 6.07) is 6.67. The largest absolute Gasteiger partial charge is 0.241 e. The molecule has 0 atom stereocenters. The van der Waals surface area contributed by atoms with Crippen LogP contribution in [0.15, 0.2) is 53.0 Å². The first-order chi connectivity index (χ1) is 10.6. The van der Waals surface area contributed by atoms with Gasteiger partial charge in [0.1, 0.15) is 5.82 Å². The fourth-order valence-corrected chi connectivity index (χ4v) is 3.03. The van der Waals surface area contributed by atoms with Crippen LogP contribution in [0.1, 0.15) is 16.8 Å². The molecule has 0 bridgehead atoms. The Hall–Kier alpha value is -1.72.